The fourth-order valence-corrected chi connectivity index (χ4v) is 9.72. The lowest BCUT2D eigenvalue weighted by atomic mass is 10.0. The second-order valence-corrected chi connectivity index (χ2v) is 14.3. The molecule has 5 heteroatoms. The van der Waals surface area contributed by atoms with Gasteiger partial charge in [0.2, 0.25) is 5.95 Å². The predicted molar refractivity (Wildman–Crippen MR) is 203 cm³/mol. The average Bonchev–Trinajstić information content (AvgIpc) is 3.79. The summed E-state index contributed by atoms with van der Waals surface area (Å²) in [6, 6.07) is 50.5. The monoisotopic (exact) mass is 633 g/mol. The highest BCUT2D eigenvalue weighted by Gasteiger charge is 2.22. The van der Waals surface area contributed by atoms with Gasteiger partial charge in [0.1, 0.15) is 0 Å². The van der Waals surface area contributed by atoms with Crippen molar-refractivity contribution in [2.45, 2.75) is 0 Å². The molecule has 0 aliphatic carbocycles. The molecule has 0 amide bonds. The van der Waals surface area contributed by atoms with E-state index in [9.17, 15) is 0 Å². The largest absolute Gasteiger partial charge is 0.277 e. The molecular weight excluding hydrogens is 611 g/mol. The van der Waals surface area contributed by atoms with Crippen molar-refractivity contribution >= 4 is 106 Å². The van der Waals surface area contributed by atoms with Crippen LogP contribution in [0.2, 0.25) is 0 Å². The van der Waals surface area contributed by atoms with E-state index in [1.807, 2.05) is 11.3 Å². The zero-order valence-corrected chi connectivity index (χ0v) is 26.6. The van der Waals surface area contributed by atoms with Gasteiger partial charge in [-0.1, -0.05) is 109 Å². The lowest BCUT2D eigenvalue weighted by molar-refractivity contribution is 1.02. The quantitative estimate of drug-likeness (QED) is 0.190. The van der Waals surface area contributed by atoms with Gasteiger partial charge in [-0.25, -0.2) is 9.97 Å². The van der Waals surface area contributed by atoms with Gasteiger partial charge in [0.15, 0.2) is 0 Å². The predicted octanol–water partition coefficient (Wildman–Crippen LogP) is 12.3. The Kier molecular flexibility index (Phi) is 5.14. The van der Waals surface area contributed by atoms with E-state index in [4.69, 9.17) is 9.97 Å². The average molecular weight is 634 g/mol. The topological polar surface area (TPSA) is 30.7 Å². The maximum absolute atomic E-state index is 5.52. The second-order valence-electron chi connectivity index (χ2n) is 12.2. The van der Waals surface area contributed by atoms with E-state index in [1.165, 1.54) is 57.2 Å². The number of benzene rings is 7. The Morgan fingerprint density at radius 3 is 1.96 bits per heavy atom. The number of hydrogen-bond donors (Lipinski definition) is 0. The number of fused-ring (bicyclic) bond motifs is 12. The van der Waals surface area contributed by atoms with Gasteiger partial charge >= 0.3 is 0 Å². The SMILES string of the molecule is c1ccc2cc3c(cc2c1)c1ccc2ccccc2c1n3-c1nc(-c2ccc3c(c2)sc2ccccc23)c2sc3ccccc3c2n1. The number of thiophene rings is 2. The summed E-state index contributed by atoms with van der Waals surface area (Å²) in [6.07, 6.45) is 0. The van der Waals surface area contributed by atoms with Crippen LogP contribution >= 0.6 is 22.7 Å². The molecule has 11 aromatic rings. The maximum atomic E-state index is 5.52. The fourth-order valence-electron chi connectivity index (χ4n) is 7.42. The molecule has 7 aromatic carbocycles. The van der Waals surface area contributed by atoms with Crippen LogP contribution in [0, 0.1) is 0 Å². The highest BCUT2D eigenvalue weighted by Crippen LogP contribution is 2.43. The molecule has 0 spiro atoms. The molecule has 0 fully saturated rings. The number of hydrogen-bond acceptors (Lipinski definition) is 4. The number of rotatable bonds is 2. The standard InChI is InChI=1S/C42H23N3S2/c1-2-11-26-22-34-33(21-25(26)10-1)31-20-17-24-9-3-4-12-28(24)40(31)45(34)42-43-38(41-39(44-42)32-14-6-8-16-36(32)47-41)27-18-19-30-29-13-5-7-15-35(29)46-37(30)23-27/h1-23H. The van der Waals surface area contributed by atoms with Gasteiger partial charge in [0.05, 0.1) is 26.9 Å². The van der Waals surface area contributed by atoms with Gasteiger partial charge in [-0.2, -0.15) is 0 Å². The van der Waals surface area contributed by atoms with Crippen LogP contribution in [-0.2, 0) is 0 Å². The first-order valence-corrected chi connectivity index (χ1v) is 17.4. The van der Waals surface area contributed by atoms with Crippen molar-refractivity contribution in [1.29, 1.82) is 0 Å². The van der Waals surface area contributed by atoms with Crippen LogP contribution in [0.5, 0.6) is 0 Å². The third-order valence-electron chi connectivity index (χ3n) is 9.58. The van der Waals surface area contributed by atoms with E-state index >= 15 is 0 Å². The smallest absolute Gasteiger partial charge is 0.235 e. The van der Waals surface area contributed by atoms with Crippen LogP contribution < -0.4 is 0 Å². The first-order valence-electron chi connectivity index (χ1n) is 15.7. The zero-order chi connectivity index (χ0) is 30.6. The molecule has 0 aliphatic rings. The Morgan fingerprint density at radius 1 is 0.447 bits per heavy atom. The van der Waals surface area contributed by atoms with Gasteiger partial charge in [-0.05, 0) is 46.5 Å². The van der Waals surface area contributed by atoms with E-state index in [0.29, 0.717) is 5.95 Å². The lowest BCUT2D eigenvalue weighted by Gasteiger charge is -2.11. The summed E-state index contributed by atoms with van der Waals surface area (Å²) >= 11 is 3.62. The van der Waals surface area contributed by atoms with Gasteiger partial charge < -0.3 is 0 Å². The molecule has 4 heterocycles. The van der Waals surface area contributed by atoms with E-state index in [2.05, 4.69) is 144 Å². The van der Waals surface area contributed by atoms with Crippen LogP contribution in [0.15, 0.2) is 140 Å². The summed E-state index contributed by atoms with van der Waals surface area (Å²) < 4.78 is 7.22. The third kappa shape index (κ3) is 3.61. The molecule has 0 unspecified atom stereocenters. The highest BCUT2D eigenvalue weighted by molar-refractivity contribution is 7.26. The van der Waals surface area contributed by atoms with E-state index in [1.54, 1.807) is 11.3 Å². The molecule has 0 radical (unpaired) electrons. The summed E-state index contributed by atoms with van der Waals surface area (Å²) in [5.41, 5.74) is 5.33. The van der Waals surface area contributed by atoms with Gasteiger partial charge in [0, 0.05) is 52.0 Å². The first kappa shape index (κ1) is 25.6. The van der Waals surface area contributed by atoms with Crippen molar-refractivity contribution in [2.75, 3.05) is 0 Å². The fraction of sp³-hybridized carbons (Fsp3) is 0. The maximum Gasteiger partial charge on any atom is 0.235 e. The van der Waals surface area contributed by atoms with Crippen molar-refractivity contribution in [3.8, 4) is 17.2 Å². The summed E-state index contributed by atoms with van der Waals surface area (Å²) in [5.74, 6) is 0.694. The normalized spacial score (nSPS) is 12.3. The third-order valence-corrected chi connectivity index (χ3v) is 11.9. The Morgan fingerprint density at radius 2 is 1.11 bits per heavy atom. The van der Waals surface area contributed by atoms with Crippen LogP contribution in [0.4, 0.5) is 0 Å². The Balaban J connectivity index is 1.30. The summed E-state index contributed by atoms with van der Waals surface area (Å²) in [4.78, 5) is 11.0. The molecule has 0 saturated heterocycles. The second kappa shape index (κ2) is 9.46. The van der Waals surface area contributed by atoms with Gasteiger partial charge in [-0.15, -0.1) is 22.7 Å². The molecule has 4 aromatic heterocycles. The first-order chi connectivity index (χ1) is 23.3. The minimum atomic E-state index is 0.694. The minimum Gasteiger partial charge on any atom is -0.277 e. The van der Waals surface area contributed by atoms with Gasteiger partial charge in [0.25, 0.3) is 0 Å². The zero-order valence-electron chi connectivity index (χ0n) is 24.9. The van der Waals surface area contributed by atoms with E-state index in [0.717, 1.165) is 37.9 Å². The summed E-state index contributed by atoms with van der Waals surface area (Å²) in [5, 5.41) is 11.0. The lowest BCUT2D eigenvalue weighted by Crippen LogP contribution is -2.03. The van der Waals surface area contributed by atoms with Crippen LogP contribution in [-0.4, -0.2) is 14.5 Å². The molecule has 0 bridgehead atoms. The molecule has 0 atom stereocenters. The Hall–Kier alpha value is -5.62. The molecule has 3 nitrogen and oxygen atoms in total. The summed E-state index contributed by atoms with van der Waals surface area (Å²) in [6.45, 7) is 0. The van der Waals surface area contributed by atoms with E-state index < -0.39 is 0 Å². The highest BCUT2D eigenvalue weighted by atomic mass is 32.1. The number of nitrogens with zero attached hydrogens (tertiary/aromatic N) is 3. The molecule has 11 rings (SSSR count). The molecule has 0 saturated carbocycles. The van der Waals surface area contributed by atoms with Crippen molar-refractivity contribution in [3.05, 3.63) is 140 Å². The minimum absolute atomic E-state index is 0.694. The van der Waals surface area contributed by atoms with Crippen molar-refractivity contribution in [1.82, 2.24) is 14.5 Å². The molecule has 0 aliphatic heterocycles. The molecule has 218 valence electrons. The van der Waals surface area contributed by atoms with Gasteiger partial charge in [-0.3, -0.25) is 4.57 Å². The summed E-state index contributed by atoms with van der Waals surface area (Å²) in [7, 11) is 0. The Bertz CT molecular complexity index is 3090. The van der Waals surface area contributed by atoms with Crippen molar-refractivity contribution < 1.29 is 0 Å². The molecular formula is C42H23N3S2. The van der Waals surface area contributed by atoms with E-state index in [-0.39, 0.29) is 0 Å². The number of aromatic nitrogens is 3. The Labute approximate surface area is 276 Å². The molecule has 47 heavy (non-hydrogen) atoms. The van der Waals surface area contributed by atoms with Crippen LogP contribution in [0.3, 0.4) is 0 Å². The molecule has 0 N–H and O–H groups in total. The van der Waals surface area contributed by atoms with Crippen molar-refractivity contribution in [3.63, 3.8) is 0 Å². The van der Waals surface area contributed by atoms with Crippen LogP contribution in [0.1, 0.15) is 0 Å². The van der Waals surface area contributed by atoms with Crippen molar-refractivity contribution in [2.24, 2.45) is 0 Å². The van der Waals surface area contributed by atoms with Crippen LogP contribution in [0.25, 0.3) is 101 Å².